The molecule has 1 N–H and O–H groups in total. The van der Waals surface area contributed by atoms with Gasteiger partial charge >= 0.3 is 12.2 Å². The van der Waals surface area contributed by atoms with Crippen LogP contribution in [0.4, 0.5) is 23.7 Å². The van der Waals surface area contributed by atoms with E-state index in [1.165, 1.54) is 4.90 Å². The van der Waals surface area contributed by atoms with E-state index in [1.807, 2.05) is 32.0 Å². The van der Waals surface area contributed by atoms with E-state index in [1.54, 1.807) is 0 Å². The fraction of sp³-hybridized carbons (Fsp3) is 0.333. The number of pyridine rings is 1. The minimum absolute atomic E-state index is 0.0981. The Bertz CT molecular complexity index is 818. The topological polar surface area (TPSA) is 54.5 Å². The third kappa shape index (κ3) is 4.07. The summed E-state index contributed by atoms with van der Waals surface area (Å²) in [5, 5.41) is 2.79. The maximum absolute atomic E-state index is 12.7. The van der Waals surface area contributed by atoms with Crippen LogP contribution in [0.1, 0.15) is 16.7 Å². The number of aromatic nitrogens is 1. The number of anilines is 1. The van der Waals surface area contributed by atoms with Crippen LogP contribution in [0.3, 0.4) is 0 Å². The fourth-order valence-electron chi connectivity index (χ4n) is 2.52. The predicted octanol–water partition coefficient (Wildman–Crippen LogP) is 4.01. The van der Waals surface area contributed by atoms with Crippen LogP contribution in [0.2, 0.25) is 0 Å². The van der Waals surface area contributed by atoms with Gasteiger partial charge in [0.15, 0.2) is 0 Å². The first-order chi connectivity index (χ1) is 12.2. The molecule has 26 heavy (non-hydrogen) atoms. The summed E-state index contributed by atoms with van der Waals surface area (Å²) in [6, 6.07) is 7.10. The molecule has 3 rings (SSSR count). The van der Waals surface area contributed by atoms with Gasteiger partial charge in [-0.05, 0) is 43.2 Å². The summed E-state index contributed by atoms with van der Waals surface area (Å²) in [5.41, 5.74) is 2.09. The molecule has 0 radical (unpaired) electrons. The van der Waals surface area contributed by atoms with Gasteiger partial charge < -0.3 is 15.0 Å². The molecule has 1 aromatic heterocycles. The van der Waals surface area contributed by atoms with Crippen LogP contribution < -0.4 is 10.1 Å². The predicted molar refractivity (Wildman–Crippen MR) is 90.2 cm³/mol. The zero-order chi connectivity index (χ0) is 18.9. The van der Waals surface area contributed by atoms with E-state index >= 15 is 0 Å². The van der Waals surface area contributed by atoms with Crippen LogP contribution in [0.15, 0.2) is 36.5 Å². The lowest BCUT2D eigenvalue weighted by Crippen LogP contribution is -2.57. The molecule has 1 aromatic carbocycles. The summed E-state index contributed by atoms with van der Waals surface area (Å²) in [7, 11) is 0. The summed E-state index contributed by atoms with van der Waals surface area (Å²) in [4.78, 5) is 17.5. The Morgan fingerprint density at radius 3 is 2.58 bits per heavy atom. The van der Waals surface area contributed by atoms with Crippen molar-refractivity contribution in [2.24, 2.45) is 0 Å². The number of likely N-dealkylation sites (tertiary alicyclic amines) is 1. The van der Waals surface area contributed by atoms with E-state index in [0.717, 1.165) is 29.5 Å². The number of hydrogen-bond donors (Lipinski definition) is 1. The second-order valence-corrected chi connectivity index (χ2v) is 6.25. The molecule has 8 heteroatoms. The largest absolute Gasteiger partial charge is 0.471 e. The first-order valence-electron chi connectivity index (χ1n) is 8.05. The molecular formula is C18H18F3N3O2. The minimum atomic E-state index is -4.45. The van der Waals surface area contributed by atoms with E-state index in [0.29, 0.717) is 5.69 Å². The van der Waals surface area contributed by atoms with Crippen LogP contribution in [-0.4, -0.2) is 35.1 Å². The van der Waals surface area contributed by atoms with Gasteiger partial charge in [0.2, 0.25) is 5.88 Å². The SMILES string of the molecule is Cc1ccc(NC(=O)N2CC(Oc3cc(C(F)(F)F)ccn3)C2)cc1C. The molecule has 2 amide bonds. The highest BCUT2D eigenvalue weighted by atomic mass is 19.4. The van der Waals surface area contributed by atoms with Crippen molar-refractivity contribution in [3.05, 3.63) is 53.2 Å². The average Bonchev–Trinajstić information content (AvgIpc) is 2.53. The van der Waals surface area contributed by atoms with E-state index < -0.39 is 11.7 Å². The third-order valence-electron chi connectivity index (χ3n) is 4.24. The zero-order valence-electron chi connectivity index (χ0n) is 14.3. The van der Waals surface area contributed by atoms with Crippen LogP contribution in [-0.2, 0) is 6.18 Å². The number of carbonyl (C=O) groups is 1. The smallest absolute Gasteiger partial charge is 0.416 e. The Morgan fingerprint density at radius 2 is 1.92 bits per heavy atom. The number of benzene rings is 1. The van der Waals surface area contributed by atoms with Gasteiger partial charge in [0.05, 0.1) is 18.7 Å². The Kier molecular flexibility index (Phi) is 4.76. The second-order valence-electron chi connectivity index (χ2n) is 6.25. The Labute approximate surface area is 148 Å². The maximum atomic E-state index is 12.7. The molecule has 0 aliphatic carbocycles. The number of urea groups is 1. The van der Waals surface area contributed by atoms with Crippen molar-refractivity contribution in [3.8, 4) is 5.88 Å². The average molecular weight is 365 g/mol. The van der Waals surface area contributed by atoms with Gasteiger partial charge in [-0.1, -0.05) is 6.07 Å². The minimum Gasteiger partial charge on any atom is -0.471 e. The molecule has 0 spiro atoms. The van der Waals surface area contributed by atoms with Crippen molar-refractivity contribution in [3.63, 3.8) is 0 Å². The molecule has 1 fully saturated rings. The molecule has 0 atom stereocenters. The molecule has 0 saturated carbocycles. The number of nitrogens with zero attached hydrogens (tertiary/aromatic N) is 2. The molecule has 2 heterocycles. The Hall–Kier alpha value is -2.77. The van der Waals surface area contributed by atoms with E-state index in [2.05, 4.69) is 10.3 Å². The second kappa shape index (κ2) is 6.86. The van der Waals surface area contributed by atoms with Crippen molar-refractivity contribution in [1.82, 2.24) is 9.88 Å². The highest BCUT2D eigenvalue weighted by Crippen LogP contribution is 2.31. The molecule has 1 saturated heterocycles. The Balaban J connectivity index is 1.52. The molecule has 2 aromatic rings. The van der Waals surface area contributed by atoms with Gasteiger partial charge in [0.25, 0.3) is 0 Å². The molecule has 138 valence electrons. The van der Waals surface area contributed by atoms with Gasteiger partial charge in [-0.25, -0.2) is 9.78 Å². The number of carbonyl (C=O) groups excluding carboxylic acids is 1. The van der Waals surface area contributed by atoms with Crippen LogP contribution >= 0.6 is 0 Å². The van der Waals surface area contributed by atoms with E-state index in [4.69, 9.17) is 4.74 Å². The fourth-order valence-corrected chi connectivity index (χ4v) is 2.52. The highest BCUT2D eigenvalue weighted by Gasteiger charge is 2.34. The van der Waals surface area contributed by atoms with Crippen molar-refractivity contribution in [2.75, 3.05) is 18.4 Å². The van der Waals surface area contributed by atoms with Crippen molar-refractivity contribution >= 4 is 11.7 Å². The number of nitrogens with one attached hydrogen (secondary N) is 1. The lowest BCUT2D eigenvalue weighted by atomic mass is 10.1. The molecule has 1 aliphatic rings. The number of aryl methyl sites for hydroxylation is 2. The molecular weight excluding hydrogens is 347 g/mol. The number of alkyl halides is 3. The number of hydrogen-bond acceptors (Lipinski definition) is 3. The summed E-state index contributed by atoms with van der Waals surface area (Å²) < 4.78 is 43.5. The number of halogens is 3. The molecule has 1 aliphatic heterocycles. The van der Waals surface area contributed by atoms with Crippen LogP contribution in [0.25, 0.3) is 0 Å². The standard InChI is InChI=1S/C18H18F3N3O2/c1-11-3-4-14(7-12(11)2)23-17(25)24-9-15(10-24)26-16-8-13(5-6-22-16)18(19,20)21/h3-8,15H,9-10H2,1-2H3,(H,23,25). The summed E-state index contributed by atoms with van der Waals surface area (Å²) in [6.07, 6.45) is -3.77. The normalized spacial score (nSPS) is 14.7. The van der Waals surface area contributed by atoms with Gasteiger partial charge in [-0.2, -0.15) is 13.2 Å². The van der Waals surface area contributed by atoms with Crippen molar-refractivity contribution in [1.29, 1.82) is 0 Å². The van der Waals surface area contributed by atoms with E-state index in [9.17, 15) is 18.0 Å². The summed E-state index contributed by atoms with van der Waals surface area (Å²) in [5.74, 6) is -0.0981. The highest BCUT2D eigenvalue weighted by molar-refractivity contribution is 5.90. The maximum Gasteiger partial charge on any atom is 0.416 e. The van der Waals surface area contributed by atoms with Crippen molar-refractivity contribution in [2.45, 2.75) is 26.1 Å². The first-order valence-corrected chi connectivity index (χ1v) is 8.05. The van der Waals surface area contributed by atoms with Gasteiger partial charge in [0.1, 0.15) is 6.10 Å². The van der Waals surface area contributed by atoms with Gasteiger partial charge in [0, 0.05) is 18.0 Å². The number of amides is 2. The van der Waals surface area contributed by atoms with Crippen LogP contribution in [0.5, 0.6) is 5.88 Å². The lowest BCUT2D eigenvalue weighted by molar-refractivity contribution is -0.137. The molecule has 0 bridgehead atoms. The number of ether oxygens (including phenoxy) is 1. The monoisotopic (exact) mass is 365 g/mol. The lowest BCUT2D eigenvalue weighted by Gasteiger charge is -2.38. The third-order valence-corrected chi connectivity index (χ3v) is 4.24. The van der Waals surface area contributed by atoms with E-state index in [-0.39, 0.29) is 31.1 Å². The zero-order valence-corrected chi connectivity index (χ0v) is 14.3. The summed E-state index contributed by atoms with van der Waals surface area (Å²) in [6.45, 7) is 4.52. The Morgan fingerprint density at radius 1 is 1.19 bits per heavy atom. The van der Waals surface area contributed by atoms with Gasteiger partial charge in [-0.3, -0.25) is 0 Å². The molecule has 0 unspecified atom stereocenters. The van der Waals surface area contributed by atoms with Crippen molar-refractivity contribution < 1.29 is 22.7 Å². The molecule has 5 nitrogen and oxygen atoms in total. The summed E-state index contributed by atoms with van der Waals surface area (Å²) >= 11 is 0. The van der Waals surface area contributed by atoms with Gasteiger partial charge in [-0.15, -0.1) is 0 Å². The van der Waals surface area contributed by atoms with Crippen LogP contribution in [0, 0.1) is 13.8 Å². The first kappa shape index (κ1) is 18.0. The number of rotatable bonds is 3. The quantitative estimate of drug-likeness (QED) is 0.894.